The van der Waals surface area contributed by atoms with E-state index in [1.807, 2.05) is 26.0 Å². The summed E-state index contributed by atoms with van der Waals surface area (Å²) >= 11 is 4.31. The van der Waals surface area contributed by atoms with Crippen LogP contribution < -0.4 is 5.32 Å². The van der Waals surface area contributed by atoms with Crippen molar-refractivity contribution >= 4 is 18.5 Å². The molecule has 0 atom stereocenters. The highest BCUT2D eigenvalue weighted by Gasteiger charge is 2.01. The van der Waals surface area contributed by atoms with Crippen LogP contribution in [0.1, 0.15) is 34.1 Å². The van der Waals surface area contributed by atoms with Gasteiger partial charge in [-0.1, -0.05) is 45.9 Å². The van der Waals surface area contributed by atoms with Gasteiger partial charge in [0.2, 0.25) is 5.91 Å². The fourth-order valence-corrected chi connectivity index (χ4v) is 1.60. The van der Waals surface area contributed by atoms with E-state index in [1.165, 1.54) is 0 Å². The Hall–Kier alpha value is -0.700. The Kier molecular flexibility index (Phi) is 8.08. The van der Waals surface area contributed by atoms with Gasteiger partial charge >= 0.3 is 0 Å². The summed E-state index contributed by atoms with van der Waals surface area (Å²) in [4.78, 5) is 12.2. The first-order chi connectivity index (χ1) is 7.41. The molecule has 0 aliphatic heterocycles. The van der Waals surface area contributed by atoms with Crippen molar-refractivity contribution in [2.75, 3.05) is 6.54 Å². The monoisotopic (exact) mass is 241 g/mol. The second-order valence-corrected chi connectivity index (χ2v) is 5.16. The van der Waals surface area contributed by atoms with Crippen molar-refractivity contribution in [3.05, 3.63) is 23.1 Å². The van der Waals surface area contributed by atoms with Gasteiger partial charge < -0.3 is 5.32 Å². The fraction of sp³-hybridized carbons (Fsp3) is 0.615. The zero-order chi connectivity index (χ0) is 12.6. The number of hydrogen-bond acceptors (Lipinski definition) is 2. The second-order valence-electron chi connectivity index (χ2n) is 4.64. The normalized spacial score (nSPS) is 12.8. The van der Waals surface area contributed by atoms with Gasteiger partial charge in [-0.3, -0.25) is 4.79 Å². The number of hydrogen-bond donors (Lipinski definition) is 2. The predicted molar refractivity (Wildman–Crippen MR) is 73.5 cm³/mol. The first-order valence-corrected chi connectivity index (χ1v) is 6.20. The quantitative estimate of drug-likeness (QED) is 0.543. The van der Waals surface area contributed by atoms with E-state index in [9.17, 15) is 4.79 Å². The van der Waals surface area contributed by atoms with Crippen molar-refractivity contribution in [1.29, 1.82) is 0 Å². The third kappa shape index (κ3) is 9.84. The van der Waals surface area contributed by atoms with Crippen LogP contribution in [0.25, 0.3) is 0 Å². The van der Waals surface area contributed by atoms with E-state index in [0.29, 0.717) is 24.8 Å². The Labute approximate surface area is 105 Å². The Morgan fingerprint density at radius 2 is 1.94 bits per heavy atom. The lowest BCUT2D eigenvalue weighted by Crippen LogP contribution is -2.24. The van der Waals surface area contributed by atoms with Crippen LogP contribution in [0.2, 0.25) is 0 Å². The third-order valence-electron chi connectivity index (χ3n) is 1.80. The zero-order valence-corrected chi connectivity index (χ0v) is 11.6. The Balaban J connectivity index is 3.81. The molecule has 3 heteroatoms. The SMILES string of the molecule is CC(C)/C=C(S)\C=C/CNC(=O)CC(C)C. The van der Waals surface area contributed by atoms with Crippen molar-refractivity contribution in [2.24, 2.45) is 11.8 Å². The number of amides is 1. The van der Waals surface area contributed by atoms with Crippen molar-refractivity contribution in [3.63, 3.8) is 0 Å². The van der Waals surface area contributed by atoms with Crippen LogP contribution in [-0.2, 0) is 4.79 Å². The van der Waals surface area contributed by atoms with Crippen LogP contribution in [0.3, 0.4) is 0 Å². The van der Waals surface area contributed by atoms with Crippen molar-refractivity contribution in [1.82, 2.24) is 5.32 Å². The zero-order valence-electron chi connectivity index (χ0n) is 10.7. The summed E-state index contributed by atoms with van der Waals surface area (Å²) in [7, 11) is 0. The van der Waals surface area contributed by atoms with Gasteiger partial charge in [-0.05, 0) is 11.8 Å². The van der Waals surface area contributed by atoms with Crippen LogP contribution in [0, 0.1) is 11.8 Å². The predicted octanol–water partition coefficient (Wildman–Crippen LogP) is 3.17. The summed E-state index contributed by atoms with van der Waals surface area (Å²) in [5, 5.41) is 2.84. The number of carbonyl (C=O) groups excluding carboxylic acids is 1. The molecule has 0 aromatic carbocycles. The standard InChI is InChI=1S/C13H23NOS/c1-10(2)8-12(16)6-5-7-14-13(15)9-11(3)4/h5-6,8,10-11,16H,7,9H2,1-4H3,(H,14,15)/b6-5-,12-8+. The highest BCUT2D eigenvalue weighted by Crippen LogP contribution is 2.07. The summed E-state index contributed by atoms with van der Waals surface area (Å²) < 4.78 is 0. The minimum atomic E-state index is 0.105. The molecule has 0 radical (unpaired) electrons. The number of rotatable bonds is 6. The van der Waals surface area contributed by atoms with Gasteiger partial charge in [-0.2, -0.15) is 0 Å². The van der Waals surface area contributed by atoms with E-state index in [4.69, 9.17) is 0 Å². The van der Waals surface area contributed by atoms with E-state index < -0.39 is 0 Å². The number of thiol groups is 1. The van der Waals surface area contributed by atoms with Gasteiger partial charge in [-0.25, -0.2) is 0 Å². The van der Waals surface area contributed by atoms with Gasteiger partial charge in [0.15, 0.2) is 0 Å². The molecule has 0 fully saturated rings. The third-order valence-corrected chi connectivity index (χ3v) is 2.10. The molecule has 0 unspecified atom stereocenters. The lowest BCUT2D eigenvalue weighted by Gasteiger charge is -2.04. The van der Waals surface area contributed by atoms with Gasteiger partial charge in [0.1, 0.15) is 0 Å². The molecule has 16 heavy (non-hydrogen) atoms. The van der Waals surface area contributed by atoms with Crippen LogP contribution >= 0.6 is 12.6 Å². The largest absolute Gasteiger partial charge is 0.353 e. The van der Waals surface area contributed by atoms with Crippen molar-refractivity contribution in [2.45, 2.75) is 34.1 Å². The molecule has 0 spiro atoms. The topological polar surface area (TPSA) is 29.1 Å². The summed E-state index contributed by atoms with van der Waals surface area (Å²) in [6.45, 7) is 8.85. The highest BCUT2D eigenvalue weighted by molar-refractivity contribution is 7.84. The average Bonchev–Trinajstić information content (AvgIpc) is 2.10. The van der Waals surface area contributed by atoms with Gasteiger partial charge in [-0.15, -0.1) is 12.6 Å². The van der Waals surface area contributed by atoms with E-state index in [0.717, 1.165) is 4.91 Å². The molecule has 0 aromatic heterocycles. The molecule has 0 saturated heterocycles. The summed E-state index contributed by atoms with van der Waals surface area (Å²) in [6.07, 6.45) is 6.48. The molecule has 1 amide bonds. The minimum absolute atomic E-state index is 0.105. The minimum Gasteiger partial charge on any atom is -0.353 e. The fourth-order valence-electron chi connectivity index (χ4n) is 1.19. The lowest BCUT2D eigenvalue weighted by atomic mass is 10.1. The van der Waals surface area contributed by atoms with Crippen LogP contribution in [0.5, 0.6) is 0 Å². The second kappa shape index (κ2) is 8.45. The van der Waals surface area contributed by atoms with Crippen LogP contribution in [-0.4, -0.2) is 12.5 Å². The molecule has 0 aliphatic carbocycles. The Bertz CT molecular complexity index is 267. The molecular formula is C13H23NOS. The van der Waals surface area contributed by atoms with Gasteiger partial charge in [0.25, 0.3) is 0 Å². The van der Waals surface area contributed by atoms with E-state index in [1.54, 1.807) is 0 Å². The van der Waals surface area contributed by atoms with Gasteiger partial charge in [0.05, 0.1) is 0 Å². The molecular weight excluding hydrogens is 218 g/mol. The molecule has 0 aromatic rings. The number of allylic oxidation sites excluding steroid dienone is 2. The lowest BCUT2D eigenvalue weighted by molar-refractivity contribution is -0.121. The Morgan fingerprint density at radius 1 is 1.31 bits per heavy atom. The molecule has 0 bridgehead atoms. The van der Waals surface area contributed by atoms with Crippen molar-refractivity contribution in [3.8, 4) is 0 Å². The molecule has 1 N–H and O–H groups in total. The van der Waals surface area contributed by atoms with Crippen LogP contribution in [0.15, 0.2) is 23.1 Å². The van der Waals surface area contributed by atoms with Crippen molar-refractivity contribution < 1.29 is 4.79 Å². The molecule has 0 rings (SSSR count). The van der Waals surface area contributed by atoms with Crippen LogP contribution in [0.4, 0.5) is 0 Å². The van der Waals surface area contributed by atoms with E-state index in [-0.39, 0.29) is 5.91 Å². The highest BCUT2D eigenvalue weighted by atomic mass is 32.1. The summed E-state index contributed by atoms with van der Waals surface area (Å²) in [5.41, 5.74) is 0. The maximum absolute atomic E-state index is 11.3. The average molecular weight is 241 g/mol. The molecule has 2 nitrogen and oxygen atoms in total. The first-order valence-electron chi connectivity index (χ1n) is 5.75. The molecule has 0 saturated carbocycles. The first kappa shape index (κ1) is 15.3. The number of nitrogens with one attached hydrogen (secondary N) is 1. The summed E-state index contributed by atoms with van der Waals surface area (Å²) in [6, 6.07) is 0. The molecule has 92 valence electrons. The Morgan fingerprint density at radius 3 is 2.44 bits per heavy atom. The number of carbonyl (C=O) groups is 1. The van der Waals surface area contributed by atoms with Gasteiger partial charge in [0, 0.05) is 17.9 Å². The van der Waals surface area contributed by atoms with E-state index in [2.05, 4.69) is 37.9 Å². The maximum Gasteiger partial charge on any atom is 0.220 e. The van der Waals surface area contributed by atoms with E-state index >= 15 is 0 Å². The smallest absolute Gasteiger partial charge is 0.220 e. The molecule has 0 aliphatic rings. The maximum atomic E-state index is 11.3. The summed E-state index contributed by atoms with van der Waals surface area (Å²) in [5.74, 6) is 1.01. The molecule has 0 heterocycles.